The molecule has 0 aromatic heterocycles. The molecule has 0 aromatic rings. The molecule has 0 radical (unpaired) electrons. The summed E-state index contributed by atoms with van der Waals surface area (Å²) in [4.78, 5) is 13.5. The number of piperidine rings is 1. The van der Waals surface area contributed by atoms with E-state index in [-0.39, 0.29) is 0 Å². The smallest absolute Gasteiger partial charge is 0.135 e. The van der Waals surface area contributed by atoms with Crippen molar-refractivity contribution >= 4 is 5.78 Å². The summed E-state index contributed by atoms with van der Waals surface area (Å²) in [6.07, 6.45) is 2.69. The molecule has 0 saturated carbocycles. The van der Waals surface area contributed by atoms with Crippen LogP contribution in [0.2, 0.25) is 0 Å². The second kappa shape index (κ2) is 4.04. The van der Waals surface area contributed by atoms with Crippen LogP contribution in [0.3, 0.4) is 0 Å². The van der Waals surface area contributed by atoms with Gasteiger partial charge in [0.05, 0.1) is 0 Å². The maximum atomic E-state index is 11.1. The van der Waals surface area contributed by atoms with Crippen LogP contribution in [-0.4, -0.2) is 29.3 Å². The minimum absolute atomic E-state index is 0.432. The Morgan fingerprint density at radius 1 is 1.67 bits per heavy atom. The number of carbonyl (C=O) groups excluding carboxylic acids is 1. The maximum Gasteiger partial charge on any atom is 0.135 e. The highest BCUT2D eigenvalue weighted by Gasteiger charge is 2.25. The Morgan fingerprint density at radius 2 is 2.33 bits per heavy atom. The van der Waals surface area contributed by atoms with Crippen molar-refractivity contribution in [1.82, 2.24) is 4.90 Å². The van der Waals surface area contributed by atoms with E-state index >= 15 is 0 Å². The Morgan fingerprint density at radius 3 is 2.83 bits per heavy atom. The van der Waals surface area contributed by atoms with Gasteiger partial charge in [-0.25, -0.2) is 0 Å². The van der Waals surface area contributed by atoms with Gasteiger partial charge in [0.25, 0.3) is 0 Å². The minimum atomic E-state index is 0.432. The predicted octanol–water partition coefficient (Wildman–Crippen LogP) is 1.84. The third-order valence-electron chi connectivity index (χ3n) is 2.90. The van der Waals surface area contributed by atoms with Crippen LogP contribution in [-0.2, 0) is 4.79 Å². The number of hydrogen-bond acceptors (Lipinski definition) is 2. The molecular weight excluding hydrogens is 150 g/mol. The highest BCUT2D eigenvalue weighted by molar-refractivity contribution is 5.79. The second-order valence-corrected chi connectivity index (χ2v) is 3.84. The van der Waals surface area contributed by atoms with E-state index in [1.807, 2.05) is 0 Å². The lowest BCUT2D eigenvalue weighted by molar-refractivity contribution is -0.123. The van der Waals surface area contributed by atoms with E-state index < -0.39 is 0 Å². The molecule has 70 valence electrons. The number of carbonyl (C=O) groups is 1. The van der Waals surface area contributed by atoms with Crippen LogP contribution in [0.15, 0.2) is 0 Å². The van der Waals surface area contributed by atoms with Gasteiger partial charge in [-0.1, -0.05) is 6.92 Å². The molecule has 2 unspecified atom stereocenters. The lowest BCUT2D eigenvalue weighted by Gasteiger charge is -2.37. The van der Waals surface area contributed by atoms with Crippen molar-refractivity contribution in [3.63, 3.8) is 0 Å². The molecule has 1 fully saturated rings. The number of nitrogens with zero attached hydrogens (tertiary/aromatic N) is 1. The fraction of sp³-hybridized carbons (Fsp3) is 0.900. The quantitative estimate of drug-likeness (QED) is 0.628. The highest BCUT2D eigenvalue weighted by Crippen LogP contribution is 2.17. The molecule has 0 spiro atoms. The second-order valence-electron chi connectivity index (χ2n) is 3.84. The molecule has 2 heteroatoms. The van der Waals surface area contributed by atoms with E-state index in [9.17, 15) is 4.79 Å². The maximum absolute atomic E-state index is 11.1. The summed E-state index contributed by atoms with van der Waals surface area (Å²) in [7, 11) is 0. The normalized spacial score (nSPS) is 28.9. The predicted molar refractivity (Wildman–Crippen MR) is 50.2 cm³/mol. The topological polar surface area (TPSA) is 20.3 Å². The number of rotatable bonds is 2. The average molecular weight is 169 g/mol. The first kappa shape index (κ1) is 9.72. The van der Waals surface area contributed by atoms with E-state index in [1.54, 1.807) is 0 Å². The summed E-state index contributed by atoms with van der Waals surface area (Å²) < 4.78 is 0. The lowest BCUT2D eigenvalue weighted by atomic mass is 10.00. The zero-order valence-electron chi connectivity index (χ0n) is 8.34. The molecular formula is C10H19NO. The average Bonchev–Trinajstić information content (AvgIpc) is 2.03. The summed E-state index contributed by atoms with van der Waals surface area (Å²) in [6.45, 7) is 7.57. The monoisotopic (exact) mass is 169 g/mol. The zero-order chi connectivity index (χ0) is 9.14. The fourth-order valence-electron chi connectivity index (χ4n) is 1.91. The summed E-state index contributed by atoms with van der Waals surface area (Å²) in [6, 6.07) is 1.09. The highest BCUT2D eigenvalue weighted by atomic mass is 16.1. The Bertz CT molecular complexity index is 167. The van der Waals surface area contributed by atoms with Gasteiger partial charge in [0, 0.05) is 31.5 Å². The van der Waals surface area contributed by atoms with Gasteiger partial charge < -0.3 is 0 Å². The van der Waals surface area contributed by atoms with Crippen molar-refractivity contribution in [3.05, 3.63) is 0 Å². The molecule has 0 aliphatic carbocycles. The van der Waals surface area contributed by atoms with E-state index in [1.165, 1.54) is 6.42 Å². The molecule has 1 aliphatic rings. The van der Waals surface area contributed by atoms with Crippen molar-refractivity contribution in [2.75, 3.05) is 6.54 Å². The number of ketones is 1. The Balaban J connectivity index is 2.50. The van der Waals surface area contributed by atoms with E-state index in [0.29, 0.717) is 17.9 Å². The van der Waals surface area contributed by atoms with Crippen LogP contribution in [0, 0.1) is 0 Å². The van der Waals surface area contributed by atoms with E-state index in [2.05, 4.69) is 25.7 Å². The van der Waals surface area contributed by atoms with Crippen LogP contribution in [0.5, 0.6) is 0 Å². The summed E-state index contributed by atoms with van der Waals surface area (Å²) in [5, 5.41) is 0. The van der Waals surface area contributed by atoms with Gasteiger partial charge >= 0.3 is 0 Å². The van der Waals surface area contributed by atoms with E-state index in [0.717, 1.165) is 19.4 Å². The minimum Gasteiger partial charge on any atom is -0.300 e. The van der Waals surface area contributed by atoms with Crippen molar-refractivity contribution in [2.24, 2.45) is 0 Å². The SMILES string of the molecule is CCC(C)N1CCC(=O)CC1C. The van der Waals surface area contributed by atoms with Gasteiger partial charge in [-0.3, -0.25) is 9.69 Å². The number of Topliss-reactive ketones (excluding diaryl/α,β-unsaturated/α-hetero) is 1. The van der Waals surface area contributed by atoms with Gasteiger partial charge in [0.1, 0.15) is 5.78 Å². The third-order valence-corrected chi connectivity index (χ3v) is 2.90. The molecule has 2 atom stereocenters. The Labute approximate surface area is 74.9 Å². The van der Waals surface area contributed by atoms with Crippen molar-refractivity contribution < 1.29 is 4.79 Å². The molecule has 1 saturated heterocycles. The number of likely N-dealkylation sites (tertiary alicyclic amines) is 1. The molecule has 1 aliphatic heterocycles. The third kappa shape index (κ3) is 2.07. The summed E-state index contributed by atoms with van der Waals surface area (Å²) >= 11 is 0. The number of hydrogen-bond donors (Lipinski definition) is 0. The molecule has 2 nitrogen and oxygen atoms in total. The zero-order valence-corrected chi connectivity index (χ0v) is 8.34. The molecule has 1 rings (SSSR count). The first-order chi connectivity index (χ1) is 5.65. The molecule has 12 heavy (non-hydrogen) atoms. The van der Waals surface area contributed by atoms with Crippen LogP contribution in [0.25, 0.3) is 0 Å². The van der Waals surface area contributed by atoms with Gasteiger partial charge in [0.2, 0.25) is 0 Å². The van der Waals surface area contributed by atoms with Crippen LogP contribution in [0.1, 0.15) is 40.0 Å². The molecule has 0 amide bonds. The van der Waals surface area contributed by atoms with Gasteiger partial charge in [0.15, 0.2) is 0 Å². The molecule has 0 bridgehead atoms. The van der Waals surface area contributed by atoms with Crippen molar-refractivity contribution in [1.29, 1.82) is 0 Å². The molecule has 0 N–H and O–H groups in total. The first-order valence-electron chi connectivity index (χ1n) is 4.92. The van der Waals surface area contributed by atoms with Crippen LogP contribution < -0.4 is 0 Å². The summed E-state index contributed by atoms with van der Waals surface area (Å²) in [5.41, 5.74) is 0. The van der Waals surface area contributed by atoms with Crippen molar-refractivity contribution in [2.45, 2.75) is 52.1 Å². The van der Waals surface area contributed by atoms with Gasteiger partial charge in [-0.2, -0.15) is 0 Å². The molecule has 0 aromatic carbocycles. The lowest BCUT2D eigenvalue weighted by Crippen LogP contribution is -2.45. The largest absolute Gasteiger partial charge is 0.300 e. The van der Waals surface area contributed by atoms with Crippen LogP contribution >= 0.6 is 0 Å². The van der Waals surface area contributed by atoms with Crippen LogP contribution in [0.4, 0.5) is 0 Å². The Hall–Kier alpha value is -0.370. The fourth-order valence-corrected chi connectivity index (χ4v) is 1.91. The first-order valence-corrected chi connectivity index (χ1v) is 4.92. The Kier molecular flexibility index (Phi) is 3.27. The van der Waals surface area contributed by atoms with Gasteiger partial charge in [-0.15, -0.1) is 0 Å². The summed E-state index contributed by atoms with van der Waals surface area (Å²) in [5.74, 6) is 0.432. The van der Waals surface area contributed by atoms with Gasteiger partial charge in [-0.05, 0) is 20.3 Å². The van der Waals surface area contributed by atoms with E-state index in [4.69, 9.17) is 0 Å². The standard InChI is InChI=1S/C10H19NO/c1-4-8(2)11-6-5-10(12)7-9(11)3/h8-9H,4-7H2,1-3H3. The molecule has 1 heterocycles. The van der Waals surface area contributed by atoms with Crippen molar-refractivity contribution in [3.8, 4) is 0 Å².